The fourth-order valence-corrected chi connectivity index (χ4v) is 3.08. The number of hydrogen-bond donors (Lipinski definition) is 1. The van der Waals surface area contributed by atoms with Crippen molar-refractivity contribution in [2.45, 2.75) is 38.0 Å². The van der Waals surface area contributed by atoms with Crippen molar-refractivity contribution in [3.63, 3.8) is 0 Å². The first kappa shape index (κ1) is 17.2. The van der Waals surface area contributed by atoms with Crippen LogP contribution in [0.25, 0.3) is 0 Å². The van der Waals surface area contributed by atoms with Crippen LogP contribution in [0.15, 0.2) is 18.9 Å². The molecule has 1 saturated carbocycles. The Balaban J connectivity index is 1.94. The molecule has 0 atom stereocenters. The number of carbonyl (C=O) groups excluding carboxylic acids is 2. The number of carbonyl (C=O) groups is 2. The molecule has 0 spiro atoms. The molecule has 6 heteroatoms. The standard InChI is InChI=1S/C17H26N4O2/c1-4-15(22)18-10-7-11-20(2)17(23)14-12-21(3)19-16(14)13-8-5-6-9-13/h4,12-13H,1,5-11H2,2-3H3,(H,18,22). The molecule has 6 nitrogen and oxygen atoms in total. The Morgan fingerprint density at radius 3 is 2.83 bits per heavy atom. The van der Waals surface area contributed by atoms with Crippen LogP contribution in [0, 0.1) is 0 Å². The maximum Gasteiger partial charge on any atom is 0.257 e. The third-order valence-corrected chi connectivity index (χ3v) is 4.33. The summed E-state index contributed by atoms with van der Waals surface area (Å²) in [5.74, 6) is 0.236. The lowest BCUT2D eigenvalue weighted by molar-refractivity contribution is -0.116. The molecule has 1 aliphatic carbocycles. The fourth-order valence-electron chi connectivity index (χ4n) is 3.08. The first-order chi connectivity index (χ1) is 11.0. The number of nitrogens with zero attached hydrogens (tertiary/aromatic N) is 3. The molecular weight excluding hydrogens is 292 g/mol. The third-order valence-electron chi connectivity index (χ3n) is 4.33. The van der Waals surface area contributed by atoms with Crippen LogP contribution in [-0.2, 0) is 11.8 Å². The summed E-state index contributed by atoms with van der Waals surface area (Å²) >= 11 is 0. The summed E-state index contributed by atoms with van der Waals surface area (Å²) in [7, 11) is 3.66. The summed E-state index contributed by atoms with van der Waals surface area (Å²) < 4.78 is 1.74. The van der Waals surface area contributed by atoms with Gasteiger partial charge in [-0.15, -0.1) is 0 Å². The second-order valence-electron chi connectivity index (χ2n) is 6.16. The van der Waals surface area contributed by atoms with Gasteiger partial charge in [-0.25, -0.2) is 0 Å². The quantitative estimate of drug-likeness (QED) is 0.616. The summed E-state index contributed by atoms with van der Waals surface area (Å²) in [6, 6.07) is 0. The SMILES string of the molecule is C=CC(=O)NCCCN(C)C(=O)c1cn(C)nc1C1CCCC1. The zero-order valence-electron chi connectivity index (χ0n) is 14.0. The van der Waals surface area contributed by atoms with Crippen LogP contribution in [-0.4, -0.2) is 46.6 Å². The molecule has 126 valence electrons. The van der Waals surface area contributed by atoms with Crippen LogP contribution >= 0.6 is 0 Å². The van der Waals surface area contributed by atoms with Gasteiger partial charge in [0.1, 0.15) is 0 Å². The van der Waals surface area contributed by atoms with Gasteiger partial charge in [0.15, 0.2) is 0 Å². The summed E-state index contributed by atoms with van der Waals surface area (Å²) in [6.07, 6.45) is 8.45. The Labute approximate surface area is 137 Å². The Morgan fingerprint density at radius 2 is 2.17 bits per heavy atom. The van der Waals surface area contributed by atoms with Gasteiger partial charge in [0.25, 0.3) is 5.91 Å². The van der Waals surface area contributed by atoms with E-state index < -0.39 is 0 Å². The van der Waals surface area contributed by atoms with E-state index in [-0.39, 0.29) is 11.8 Å². The van der Waals surface area contributed by atoms with Crippen molar-refractivity contribution in [1.29, 1.82) is 0 Å². The van der Waals surface area contributed by atoms with Crippen molar-refractivity contribution in [3.8, 4) is 0 Å². The Morgan fingerprint density at radius 1 is 1.48 bits per heavy atom. The monoisotopic (exact) mass is 318 g/mol. The van der Waals surface area contributed by atoms with E-state index in [2.05, 4.69) is 17.0 Å². The lowest BCUT2D eigenvalue weighted by atomic mass is 10.00. The number of rotatable bonds is 7. The largest absolute Gasteiger partial charge is 0.353 e. The topological polar surface area (TPSA) is 67.2 Å². The summed E-state index contributed by atoms with van der Waals surface area (Å²) in [5, 5.41) is 7.24. The highest BCUT2D eigenvalue weighted by Crippen LogP contribution is 2.35. The number of aromatic nitrogens is 2. The maximum absolute atomic E-state index is 12.7. The zero-order valence-corrected chi connectivity index (χ0v) is 14.0. The molecule has 1 heterocycles. The minimum atomic E-state index is -0.185. The second kappa shape index (κ2) is 7.94. The Kier molecular flexibility index (Phi) is 5.96. The highest BCUT2D eigenvalue weighted by atomic mass is 16.2. The molecule has 1 aromatic rings. The van der Waals surface area contributed by atoms with Crippen LogP contribution in [0.2, 0.25) is 0 Å². The molecule has 1 aliphatic rings. The Hall–Kier alpha value is -2.11. The molecule has 2 amide bonds. The predicted octanol–water partition coefficient (Wildman–Crippen LogP) is 1.84. The van der Waals surface area contributed by atoms with Crippen molar-refractivity contribution in [2.75, 3.05) is 20.1 Å². The van der Waals surface area contributed by atoms with Crippen LogP contribution in [0.5, 0.6) is 0 Å². The normalized spacial score (nSPS) is 14.7. The van der Waals surface area contributed by atoms with Crippen molar-refractivity contribution in [2.24, 2.45) is 7.05 Å². The molecule has 0 bridgehead atoms. The van der Waals surface area contributed by atoms with Crippen molar-refractivity contribution >= 4 is 11.8 Å². The van der Waals surface area contributed by atoms with Gasteiger partial charge in [0.2, 0.25) is 5.91 Å². The van der Waals surface area contributed by atoms with Crippen molar-refractivity contribution in [1.82, 2.24) is 20.0 Å². The van der Waals surface area contributed by atoms with Gasteiger partial charge in [0.05, 0.1) is 11.3 Å². The minimum Gasteiger partial charge on any atom is -0.353 e. The molecular formula is C17H26N4O2. The van der Waals surface area contributed by atoms with Crippen molar-refractivity contribution < 1.29 is 9.59 Å². The van der Waals surface area contributed by atoms with Crippen LogP contribution in [0.4, 0.5) is 0 Å². The maximum atomic E-state index is 12.7. The van der Waals surface area contributed by atoms with Crippen LogP contribution in [0.1, 0.15) is 54.1 Å². The molecule has 1 aromatic heterocycles. The molecule has 1 fully saturated rings. The number of aryl methyl sites for hydroxylation is 1. The average molecular weight is 318 g/mol. The molecule has 1 N–H and O–H groups in total. The molecule has 0 unspecified atom stereocenters. The summed E-state index contributed by atoms with van der Waals surface area (Å²) in [4.78, 5) is 25.5. The molecule has 0 saturated heterocycles. The second-order valence-corrected chi connectivity index (χ2v) is 6.16. The minimum absolute atomic E-state index is 0.00930. The average Bonchev–Trinajstić information content (AvgIpc) is 3.19. The number of hydrogen-bond acceptors (Lipinski definition) is 3. The van der Waals surface area contributed by atoms with Gasteiger partial charge in [-0.1, -0.05) is 19.4 Å². The molecule has 0 aromatic carbocycles. The van der Waals surface area contributed by atoms with E-state index in [1.54, 1.807) is 16.6 Å². The molecule has 0 aliphatic heterocycles. The number of amides is 2. The highest BCUT2D eigenvalue weighted by molar-refractivity contribution is 5.95. The molecule has 23 heavy (non-hydrogen) atoms. The first-order valence-electron chi connectivity index (χ1n) is 8.22. The van der Waals surface area contributed by atoms with E-state index in [0.717, 1.165) is 24.1 Å². The van der Waals surface area contributed by atoms with Gasteiger partial charge in [0, 0.05) is 39.3 Å². The van der Waals surface area contributed by atoms with E-state index in [0.29, 0.717) is 25.4 Å². The van der Waals surface area contributed by atoms with Gasteiger partial charge in [-0.2, -0.15) is 5.10 Å². The van der Waals surface area contributed by atoms with E-state index >= 15 is 0 Å². The van der Waals surface area contributed by atoms with E-state index in [1.165, 1.54) is 18.9 Å². The smallest absolute Gasteiger partial charge is 0.257 e. The van der Waals surface area contributed by atoms with Gasteiger partial charge >= 0.3 is 0 Å². The van der Waals surface area contributed by atoms with E-state index in [9.17, 15) is 9.59 Å². The lowest BCUT2D eigenvalue weighted by Crippen LogP contribution is -2.31. The lowest BCUT2D eigenvalue weighted by Gasteiger charge is -2.18. The Bertz CT molecular complexity index is 573. The number of nitrogens with one attached hydrogen (secondary N) is 1. The molecule has 2 rings (SSSR count). The fraction of sp³-hybridized carbons (Fsp3) is 0.588. The summed E-state index contributed by atoms with van der Waals surface area (Å²) in [6.45, 7) is 4.53. The van der Waals surface area contributed by atoms with Gasteiger partial charge in [-0.05, 0) is 25.3 Å². The molecule has 0 radical (unpaired) electrons. The first-order valence-corrected chi connectivity index (χ1v) is 8.22. The van der Waals surface area contributed by atoms with Crippen LogP contribution in [0.3, 0.4) is 0 Å². The van der Waals surface area contributed by atoms with Gasteiger partial charge < -0.3 is 10.2 Å². The van der Waals surface area contributed by atoms with E-state index in [4.69, 9.17) is 0 Å². The highest BCUT2D eigenvalue weighted by Gasteiger charge is 2.27. The van der Waals surface area contributed by atoms with Crippen LogP contribution < -0.4 is 5.32 Å². The predicted molar refractivity (Wildman–Crippen MR) is 89.2 cm³/mol. The van der Waals surface area contributed by atoms with Crippen molar-refractivity contribution in [3.05, 3.63) is 30.1 Å². The third kappa shape index (κ3) is 4.43. The van der Waals surface area contributed by atoms with E-state index in [1.807, 2.05) is 13.2 Å². The van der Waals surface area contributed by atoms with Gasteiger partial charge in [-0.3, -0.25) is 14.3 Å². The zero-order chi connectivity index (χ0) is 16.8. The summed E-state index contributed by atoms with van der Waals surface area (Å²) in [5.41, 5.74) is 1.67.